The SMILES string of the molecule is CCCC1CC(C(=O)O)N(C(=O)OC(C)(C)C)C1C. The van der Waals surface area contributed by atoms with Crippen molar-refractivity contribution in [3.05, 3.63) is 0 Å². The minimum absolute atomic E-state index is 0.0871. The molecule has 5 heteroatoms. The zero-order valence-corrected chi connectivity index (χ0v) is 12.5. The second-order valence-corrected chi connectivity index (χ2v) is 6.27. The summed E-state index contributed by atoms with van der Waals surface area (Å²) in [5, 5.41) is 9.29. The highest BCUT2D eigenvalue weighted by molar-refractivity contribution is 5.81. The van der Waals surface area contributed by atoms with Gasteiger partial charge in [0, 0.05) is 6.04 Å². The van der Waals surface area contributed by atoms with Gasteiger partial charge in [0.25, 0.3) is 0 Å². The van der Waals surface area contributed by atoms with Crippen molar-refractivity contribution >= 4 is 12.1 Å². The Balaban J connectivity index is 2.87. The van der Waals surface area contributed by atoms with E-state index in [4.69, 9.17) is 4.74 Å². The van der Waals surface area contributed by atoms with E-state index in [1.54, 1.807) is 20.8 Å². The zero-order chi connectivity index (χ0) is 14.8. The van der Waals surface area contributed by atoms with E-state index in [0.717, 1.165) is 12.8 Å². The maximum Gasteiger partial charge on any atom is 0.411 e. The average Bonchev–Trinajstić information content (AvgIpc) is 2.54. The van der Waals surface area contributed by atoms with E-state index in [9.17, 15) is 14.7 Å². The number of carbonyl (C=O) groups excluding carboxylic acids is 1. The summed E-state index contributed by atoms with van der Waals surface area (Å²) in [7, 11) is 0. The van der Waals surface area contributed by atoms with Gasteiger partial charge in [-0.3, -0.25) is 4.90 Å². The van der Waals surface area contributed by atoms with E-state index in [1.165, 1.54) is 4.90 Å². The van der Waals surface area contributed by atoms with Gasteiger partial charge in [0.2, 0.25) is 0 Å². The fraction of sp³-hybridized carbons (Fsp3) is 0.857. The van der Waals surface area contributed by atoms with Crippen LogP contribution in [-0.4, -0.2) is 39.8 Å². The van der Waals surface area contributed by atoms with E-state index in [1.807, 2.05) is 6.92 Å². The summed E-state index contributed by atoms with van der Waals surface area (Å²) in [6, 6.07) is -0.850. The van der Waals surface area contributed by atoms with Crippen LogP contribution in [0, 0.1) is 5.92 Å². The monoisotopic (exact) mass is 271 g/mol. The molecule has 1 saturated heterocycles. The standard InChI is InChI=1S/C14H25NO4/c1-6-7-10-8-11(12(16)17)15(9(10)2)13(18)19-14(3,4)5/h9-11H,6-8H2,1-5H3,(H,16,17). The topological polar surface area (TPSA) is 66.8 Å². The number of likely N-dealkylation sites (tertiary alicyclic amines) is 1. The second kappa shape index (κ2) is 5.80. The number of hydrogen-bond acceptors (Lipinski definition) is 3. The molecular weight excluding hydrogens is 246 g/mol. The number of rotatable bonds is 3. The Kier molecular flexibility index (Phi) is 4.82. The smallest absolute Gasteiger partial charge is 0.411 e. The highest BCUT2D eigenvalue weighted by Gasteiger charge is 2.45. The molecule has 0 aromatic rings. The number of aliphatic carboxylic acids is 1. The highest BCUT2D eigenvalue weighted by atomic mass is 16.6. The first-order valence-electron chi connectivity index (χ1n) is 6.91. The normalized spacial score (nSPS) is 27.4. The molecule has 110 valence electrons. The fourth-order valence-corrected chi connectivity index (χ4v) is 2.67. The Bertz CT molecular complexity index is 348. The molecule has 0 radical (unpaired) electrons. The van der Waals surface area contributed by atoms with Crippen LogP contribution < -0.4 is 0 Å². The van der Waals surface area contributed by atoms with Crippen molar-refractivity contribution < 1.29 is 19.4 Å². The van der Waals surface area contributed by atoms with Gasteiger partial charge in [-0.25, -0.2) is 9.59 Å². The van der Waals surface area contributed by atoms with Gasteiger partial charge in [-0.05, 0) is 46.5 Å². The van der Waals surface area contributed by atoms with Gasteiger partial charge >= 0.3 is 12.1 Å². The van der Waals surface area contributed by atoms with Crippen molar-refractivity contribution in [2.24, 2.45) is 5.92 Å². The zero-order valence-electron chi connectivity index (χ0n) is 12.5. The fourth-order valence-electron chi connectivity index (χ4n) is 2.67. The quantitative estimate of drug-likeness (QED) is 0.857. The lowest BCUT2D eigenvalue weighted by atomic mass is 9.95. The molecule has 1 aliphatic rings. The molecule has 3 atom stereocenters. The minimum atomic E-state index is -0.948. The van der Waals surface area contributed by atoms with Gasteiger partial charge < -0.3 is 9.84 Å². The average molecular weight is 271 g/mol. The van der Waals surface area contributed by atoms with Crippen LogP contribution in [0.3, 0.4) is 0 Å². The number of carbonyl (C=O) groups is 2. The number of carboxylic acid groups (broad SMARTS) is 1. The first-order valence-corrected chi connectivity index (χ1v) is 6.91. The first kappa shape index (κ1) is 15.8. The molecule has 0 aromatic carbocycles. The molecule has 0 saturated carbocycles. The largest absolute Gasteiger partial charge is 0.480 e. The summed E-state index contributed by atoms with van der Waals surface area (Å²) in [5.74, 6) is -0.713. The Morgan fingerprint density at radius 3 is 2.37 bits per heavy atom. The van der Waals surface area contributed by atoms with E-state index >= 15 is 0 Å². The van der Waals surface area contributed by atoms with Crippen LogP contribution in [0.15, 0.2) is 0 Å². The number of carboxylic acids is 1. The molecule has 1 amide bonds. The van der Waals surface area contributed by atoms with E-state index < -0.39 is 23.7 Å². The Hall–Kier alpha value is -1.26. The maximum absolute atomic E-state index is 12.2. The van der Waals surface area contributed by atoms with Crippen LogP contribution in [0.1, 0.15) is 53.9 Å². The van der Waals surface area contributed by atoms with Crippen molar-refractivity contribution in [3.63, 3.8) is 0 Å². The van der Waals surface area contributed by atoms with Crippen molar-refractivity contribution in [1.82, 2.24) is 4.90 Å². The van der Waals surface area contributed by atoms with E-state index in [-0.39, 0.29) is 12.0 Å². The molecule has 0 spiro atoms. The third-order valence-electron chi connectivity index (χ3n) is 3.53. The molecule has 1 heterocycles. The molecule has 0 bridgehead atoms. The van der Waals surface area contributed by atoms with Gasteiger partial charge in [0.15, 0.2) is 0 Å². The van der Waals surface area contributed by atoms with Gasteiger partial charge in [-0.1, -0.05) is 13.3 Å². The number of amides is 1. The molecule has 5 nitrogen and oxygen atoms in total. The lowest BCUT2D eigenvalue weighted by Gasteiger charge is -2.30. The van der Waals surface area contributed by atoms with Crippen LogP contribution >= 0.6 is 0 Å². The second-order valence-electron chi connectivity index (χ2n) is 6.27. The highest BCUT2D eigenvalue weighted by Crippen LogP contribution is 2.34. The van der Waals surface area contributed by atoms with Gasteiger partial charge in [0.1, 0.15) is 11.6 Å². The minimum Gasteiger partial charge on any atom is -0.480 e. The van der Waals surface area contributed by atoms with Crippen LogP contribution in [0.25, 0.3) is 0 Å². The number of nitrogens with zero attached hydrogens (tertiary/aromatic N) is 1. The summed E-state index contributed by atoms with van der Waals surface area (Å²) in [5.41, 5.74) is -0.608. The number of ether oxygens (including phenoxy) is 1. The molecule has 3 unspecified atom stereocenters. The number of hydrogen-bond donors (Lipinski definition) is 1. The molecule has 1 fully saturated rings. The summed E-state index contributed by atoms with van der Waals surface area (Å²) >= 11 is 0. The van der Waals surface area contributed by atoms with Crippen molar-refractivity contribution in [3.8, 4) is 0 Å². The third-order valence-corrected chi connectivity index (χ3v) is 3.53. The Morgan fingerprint density at radius 2 is 1.95 bits per heavy atom. The summed E-state index contributed by atoms with van der Waals surface area (Å²) in [6.07, 6.45) is 1.92. The summed E-state index contributed by atoms with van der Waals surface area (Å²) in [4.78, 5) is 24.9. The van der Waals surface area contributed by atoms with Crippen molar-refractivity contribution in [1.29, 1.82) is 0 Å². The van der Waals surface area contributed by atoms with Gasteiger partial charge in [-0.15, -0.1) is 0 Å². The van der Waals surface area contributed by atoms with E-state index in [0.29, 0.717) is 6.42 Å². The molecule has 0 aliphatic carbocycles. The van der Waals surface area contributed by atoms with E-state index in [2.05, 4.69) is 6.92 Å². The molecule has 0 aromatic heterocycles. The summed E-state index contributed by atoms with van der Waals surface area (Å²) < 4.78 is 5.32. The lowest BCUT2D eigenvalue weighted by Crippen LogP contribution is -2.46. The van der Waals surface area contributed by atoms with Gasteiger partial charge in [-0.2, -0.15) is 0 Å². The Morgan fingerprint density at radius 1 is 1.37 bits per heavy atom. The first-order chi connectivity index (χ1) is 8.67. The molecular formula is C14H25NO4. The van der Waals surface area contributed by atoms with Crippen LogP contribution in [-0.2, 0) is 9.53 Å². The molecule has 1 aliphatic heterocycles. The molecule has 1 N–H and O–H groups in total. The molecule has 1 rings (SSSR count). The lowest BCUT2D eigenvalue weighted by molar-refractivity contribution is -0.142. The van der Waals surface area contributed by atoms with Crippen molar-refractivity contribution in [2.75, 3.05) is 0 Å². The van der Waals surface area contributed by atoms with Crippen molar-refractivity contribution in [2.45, 2.75) is 71.6 Å². The third kappa shape index (κ3) is 3.85. The predicted molar refractivity (Wildman–Crippen MR) is 72.0 cm³/mol. The molecule has 19 heavy (non-hydrogen) atoms. The predicted octanol–water partition coefficient (Wildman–Crippen LogP) is 2.89. The Labute approximate surface area is 114 Å². The van der Waals surface area contributed by atoms with Crippen LogP contribution in [0.5, 0.6) is 0 Å². The summed E-state index contributed by atoms with van der Waals surface area (Å²) in [6.45, 7) is 9.33. The van der Waals surface area contributed by atoms with Gasteiger partial charge in [0.05, 0.1) is 0 Å². The van der Waals surface area contributed by atoms with Crippen LogP contribution in [0.4, 0.5) is 4.79 Å². The maximum atomic E-state index is 12.2. The van der Waals surface area contributed by atoms with Crippen LogP contribution in [0.2, 0.25) is 0 Å².